The number of rotatable bonds is 36. The number of hydrogen-bond acceptors (Lipinski definition) is 21. The lowest BCUT2D eigenvalue weighted by Gasteiger charge is -2.34. The highest BCUT2D eigenvalue weighted by Gasteiger charge is 2.46. The normalized spacial score (nSPS) is 13.4. The van der Waals surface area contributed by atoms with Crippen molar-refractivity contribution < 1.29 is 86.0 Å². The Labute approximate surface area is 777 Å². The number of nitrogens with one attached hydrogen (secondary N) is 9. The second kappa shape index (κ2) is 45.3. The fourth-order valence-electron chi connectivity index (χ4n) is 15.2. The molecule has 0 aliphatic carbocycles. The largest absolute Gasteiger partial charge is 0.444 e. The molecule has 33 nitrogen and oxygen atoms in total. The second-order valence-electron chi connectivity index (χ2n) is 39.0. The molecule has 6 aromatic carbocycles. The minimum atomic E-state index is -1.57. The van der Waals surface area contributed by atoms with Gasteiger partial charge in [-0.25, -0.2) is 43.5 Å². The lowest BCUT2D eigenvalue weighted by molar-refractivity contribution is -0.140. The van der Waals surface area contributed by atoms with Crippen LogP contribution in [0.25, 0.3) is 32.7 Å². The summed E-state index contributed by atoms with van der Waals surface area (Å²) in [5.41, 5.74) is 18.0. The number of para-hydroxylation sites is 3. The van der Waals surface area contributed by atoms with Gasteiger partial charge < -0.3 is 92.5 Å². The highest BCUT2D eigenvalue weighted by Crippen LogP contribution is 2.37. The molecule has 0 aliphatic rings. The number of carbonyl (C=O) groups is 12. The Morgan fingerprint density at radius 2 is 0.534 bits per heavy atom. The van der Waals surface area contributed by atoms with Crippen molar-refractivity contribution in [3.05, 3.63) is 198 Å². The van der Waals surface area contributed by atoms with Crippen LogP contribution in [0.1, 0.15) is 222 Å². The van der Waals surface area contributed by atoms with Crippen LogP contribution in [-0.2, 0) is 76.5 Å². The monoisotopic (exact) mass is 1830 g/mol. The first-order valence-corrected chi connectivity index (χ1v) is 45.1. The molecule has 9 rings (SSSR count). The number of nitrogens with zero attached hydrogens (tertiary/aromatic N) is 3. The zero-order valence-electron chi connectivity index (χ0n) is 79.7. The topological polar surface area (TPSA) is 468 Å². The number of unbranched alkanes of at least 4 members (excludes halogenated alkanes) is 3. The summed E-state index contributed by atoms with van der Waals surface area (Å²) in [5.74, 6) is -6.08. The van der Waals surface area contributed by atoms with Gasteiger partial charge in [0.25, 0.3) is 17.7 Å². The number of aromatic nitrogens is 3. The van der Waals surface area contributed by atoms with Gasteiger partial charge in [0.15, 0.2) is 0 Å². The van der Waals surface area contributed by atoms with Crippen molar-refractivity contribution in [2.75, 3.05) is 35.6 Å². The first-order valence-electron chi connectivity index (χ1n) is 45.1. The number of anilines is 3. The Hall–Kier alpha value is -13.1. The van der Waals surface area contributed by atoms with E-state index in [4.69, 9.17) is 45.6 Å². The predicted molar refractivity (Wildman–Crippen MR) is 511 cm³/mol. The predicted octanol–water partition coefficient (Wildman–Crippen LogP) is 16.3. The molecule has 0 aliphatic heterocycles. The Morgan fingerprint density at radius 1 is 0.308 bits per heavy atom. The van der Waals surface area contributed by atoms with E-state index in [9.17, 15) is 28.8 Å². The molecule has 0 radical (unpaired) electrons. The zero-order chi connectivity index (χ0) is 97.7. The van der Waals surface area contributed by atoms with Crippen LogP contribution in [0.15, 0.2) is 164 Å². The Kier molecular flexibility index (Phi) is 35.3. The maximum absolute atomic E-state index is 15.6. The molecule has 133 heavy (non-hydrogen) atoms. The SMILES string of the molecule is CC(C)(C)OC(=O)N[C@@H](Cc1c[nH]c2ccccc12)C(=O)N(C(=O)OC(C)(C)C)[C@@H](CCCCN)C(=O)Nc1ccc(C(c2ccc(NC(=O)[C@H](CCCCN)N(C(=O)OC(C)(C)C)C(=O)[C@H](Cc3c[nH]c4ccccc34)NC(=O)OC(C)(C)C)cc2)c2ccc(NC(=O)[C@H](CCCCN)N(C(=O)OC(C)(C)C)C(=O)[C@H](Cc3c[nH]c4ccccc34)NC(=O)OC(C)(C)C)cc2)cc1. The molecule has 0 unspecified atom stereocenters. The van der Waals surface area contributed by atoms with Gasteiger partial charge in [-0.2, -0.15) is 0 Å². The quantitative estimate of drug-likeness (QED) is 0.00985. The number of carbonyl (C=O) groups excluding carboxylic acids is 12. The molecule has 12 amide bonds. The highest BCUT2D eigenvalue weighted by atomic mass is 16.6. The van der Waals surface area contributed by atoms with Crippen molar-refractivity contribution in [1.82, 2.24) is 45.6 Å². The third kappa shape index (κ3) is 30.7. The van der Waals surface area contributed by atoms with E-state index in [0.717, 1.165) is 47.4 Å². The minimum Gasteiger partial charge on any atom is -0.444 e. The van der Waals surface area contributed by atoms with Crippen LogP contribution in [0.4, 0.5) is 45.8 Å². The summed E-state index contributed by atoms with van der Waals surface area (Å²) in [7, 11) is 0. The van der Waals surface area contributed by atoms with Crippen molar-refractivity contribution in [3.8, 4) is 0 Å². The molecule has 0 fully saturated rings. The molecule has 9 aromatic rings. The van der Waals surface area contributed by atoms with E-state index in [1.54, 1.807) is 216 Å². The molecule has 0 saturated heterocycles. The number of hydrogen-bond donors (Lipinski definition) is 12. The van der Waals surface area contributed by atoms with Crippen molar-refractivity contribution in [1.29, 1.82) is 0 Å². The van der Waals surface area contributed by atoms with E-state index >= 15 is 28.8 Å². The van der Waals surface area contributed by atoms with Crippen LogP contribution >= 0.6 is 0 Å². The van der Waals surface area contributed by atoms with E-state index in [1.807, 2.05) is 72.8 Å². The van der Waals surface area contributed by atoms with E-state index in [0.29, 0.717) is 52.6 Å². The number of fused-ring (bicyclic) bond motifs is 3. The summed E-state index contributed by atoms with van der Waals surface area (Å²) in [4.78, 5) is 191. The lowest BCUT2D eigenvalue weighted by atomic mass is 9.85. The third-order valence-corrected chi connectivity index (χ3v) is 20.9. The number of H-pyrrole nitrogens is 3. The van der Waals surface area contributed by atoms with Gasteiger partial charge >= 0.3 is 36.6 Å². The number of alkyl carbamates (subject to hydrolysis) is 3. The summed E-state index contributed by atoms with van der Waals surface area (Å²) < 4.78 is 34.9. The molecular weight excluding hydrogens is 1700 g/mol. The molecule has 33 heteroatoms. The molecule has 6 atom stereocenters. The third-order valence-electron chi connectivity index (χ3n) is 20.9. The van der Waals surface area contributed by atoms with Crippen molar-refractivity contribution in [2.45, 2.75) is 277 Å². The second-order valence-corrected chi connectivity index (χ2v) is 39.0. The summed E-state index contributed by atoms with van der Waals surface area (Å²) in [6, 6.07) is 33.0. The average molecular weight is 1830 g/mol. The van der Waals surface area contributed by atoms with Gasteiger partial charge in [0.2, 0.25) is 17.7 Å². The van der Waals surface area contributed by atoms with Gasteiger partial charge in [-0.05, 0) is 290 Å². The lowest BCUT2D eigenvalue weighted by Crippen LogP contribution is -2.58. The molecule has 0 spiro atoms. The first kappa shape index (κ1) is 104. The van der Waals surface area contributed by atoms with Crippen LogP contribution in [0.2, 0.25) is 0 Å². The summed E-state index contributed by atoms with van der Waals surface area (Å²) in [6.07, 6.45) is -0.157. The van der Waals surface area contributed by atoms with E-state index in [-0.39, 0.29) is 94.5 Å². The summed E-state index contributed by atoms with van der Waals surface area (Å²) in [5, 5.41) is 19.2. The fraction of sp³-hybridized carbons (Fsp3) is 0.460. The van der Waals surface area contributed by atoms with Crippen molar-refractivity contribution >= 4 is 122 Å². The van der Waals surface area contributed by atoms with Gasteiger partial charge in [-0.1, -0.05) is 91.0 Å². The highest BCUT2D eigenvalue weighted by molar-refractivity contribution is 6.08. The summed E-state index contributed by atoms with van der Waals surface area (Å²) >= 11 is 0. The number of ether oxygens (including phenoxy) is 6. The summed E-state index contributed by atoms with van der Waals surface area (Å²) in [6.45, 7) is 30.0. The number of amides is 12. The maximum atomic E-state index is 15.6. The standard InChI is InChI=1S/C100H133N15O18/c1-95(2,3)128-89(122)110-76(55-64-58-104-73-34-22-19-31-70(64)73)86(119)113(92(125)131-98(10,11)12)79(37-25-28-52-101)83(116)107-67-46-40-61(41-47-67)82(62-42-48-68(49-43-62)108-84(117)80(38-26-29-53-102)114(93(126)132-99(13,14)15)87(120)77(111-90(123)129-96(4,5)6)56-65-59-105-74-35-23-20-32-71(65)74)63-44-50-69(51-45-63)109-85(118)81(39-27-30-54-103)115(94(127)133-100(16,17)18)88(121)78(112-91(124)130-97(7,8)9)57-66-60-106-75-36-24-21-33-72(66)75/h19-24,31-36,40-51,58-60,76-82,104-106H,25-30,37-39,52-57,101-103H2,1-18H3,(H,107,116)(H,108,117)(H,109,118)(H,110,122)(H,111,123)(H,112,124)/t76-,77-,78-,79-,80-,81-/m0/s1. The average Bonchev–Trinajstić information content (AvgIpc) is 1.62. The fourth-order valence-corrected chi connectivity index (χ4v) is 15.2. The van der Waals surface area contributed by atoms with Crippen molar-refractivity contribution in [2.24, 2.45) is 17.2 Å². The number of imide groups is 3. The minimum absolute atomic E-state index is 0.0992. The Balaban J connectivity index is 1.12. The van der Waals surface area contributed by atoms with Gasteiger partial charge in [0.05, 0.1) is 0 Å². The Morgan fingerprint density at radius 3 is 0.752 bits per heavy atom. The smallest absolute Gasteiger partial charge is 0.417 e. The number of benzene rings is 6. The number of aromatic amines is 3. The van der Waals surface area contributed by atoms with Gasteiger partial charge in [0.1, 0.15) is 69.9 Å². The van der Waals surface area contributed by atoms with E-state index < -0.39 is 148 Å². The molecule has 3 aromatic heterocycles. The molecular formula is C100H133N15O18. The zero-order valence-corrected chi connectivity index (χ0v) is 79.7. The van der Waals surface area contributed by atoms with Crippen molar-refractivity contribution in [3.63, 3.8) is 0 Å². The van der Waals surface area contributed by atoms with Gasteiger partial charge in [-0.15, -0.1) is 0 Å². The number of nitrogens with two attached hydrogens (primary N) is 3. The maximum Gasteiger partial charge on any atom is 0.417 e. The molecule has 3 heterocycles. The van der Waals surface area contributed by atoms with Crippen LogP contribution in [0.3, 0.4) is 0 Å². The molecule has 716 valence electrons. The van der Waals surface area contributed by atoms with Gasteiger partial charge in [-0.3, -0.25) is 28.8 Å². The van der Waals surface area contributed by atoms with Crippen LogP contribution in [0.5, 0.6) is 0 Å². The van der Waals surface area contributed by atoms with Crippen LogP contribution < -0.4 is 49.1 Å². The van der Waals surface area contributed by atoms with Crippen LogP contribution in [-0.4, -0.2) is 191 Å². The Bertz CT molecular complexity index is 4990. The van der Waals surface area contributed by atoms with E-state index in [1.165, 1.54) is 0 Å². The van der Waals surface area contributed by atoms with E-state index in [2.05, 4.69) is 46.9 Å². The molecule has 0 bridgehead atoms. The first-order chi connectivity index (χ1) is 62.5. The van der Waals surface area contributed by atoms with Gasteiger partial charge in [0, 0.05) is 93.5 Å². The molecule has 0 saturated carbocycles. The van der Waals surface area contributed by atoms with Crippen LogP contribution in [0, 0.1) is 0 Å². The molecule has 15 N–H and O–H groups in total.